The molecule has 4 heteroatoms. The van der Waals surface area contributed by atoms with Gasteiger partial charge in [-0.3, -0.25) is 0 Å². The molecule has 0 aliphatic heterocycles. The van der Waals surface area contributed by atoms with E-state index in [9.17, 15) is 9.18 Å². The van der Waals surface area contributed by atoms with Gasteiger partial charge in [0, 0.05) is 23.5 Å². The highest BCUT2D eigenvalue weighted by molar-refractivity contribution is 5.84. The zero-order chi connectivity index (χ0) is 10.8. The van der Waals surface area contributed by atoms with E-state index < -0.39 is 12.1 Å². The fourth-order valence-corrected chi connectivity index (χ4v) is 1.58. The van der Waals surface area contributed by atoms with E-state index in [1.807, 2.05) is 24.3 Å². The van der Waals surface area contributed by atoms with Crippen molar-refractivity contribution < 1.29 is 14.3 Å². The zero-order valence-corrected chi connectivity index (χ0v) is 7.90. The first-order valence-electron chi connectivity index (χ1n) is 4.60. The van der Waals surface area contributed by atoms with Gasteiger partial charge in [-0.25, -0.2) is 9.18 Å². The number of carbonyl (C=O) groups is 1. The van der Waals surface area contributed by atoms with E-state index >= 15 is 0 Å². The molecule has 1 aromatic heterocycles. The number of aromatic amines is 1. The van der Waals surface area contributed by atoms with Gasteiger partial charge < -0.3 is 10.1 Å². The standard InChI is InChI=1S/C11H10FNO2/c12-9(11(14)15)5-7-6-13-10-4-2-1-3-8(7)10/h1-4,6,9,13H,5H2,(H,14,15). The first-order chi connectivity index (χ1) is 7.18. The molecule has 0 aliphatic rings. The van der Waals surface area contributed by atoms with Gasteiger partial charge in [0.25, 0.3) is 0 Å². The van der Waals surface area contributed by atoms with Crippen LogP contribution in [0, 0.1) is 0 Å². The molecule has 0 amide bonds. The average Bonchev–Trinajstić information content (AvgIpc) is 2.62. The Balaban J connectivity index is 2.32. The second-order valence-electron chi connectivity index (χ2n) is 3.37. The van der Waals surface area contributed by atoms with Crippen molar-refractivity contribution in [3.63, 3.8) is 0 Å². The van der Waals surface area contributed by atoms with E-state index in [0.29, 0.717) is 5.56 Å². The molecular formula is C11H10FNO2. The van der Waals surface area contributed by atoms with Gasteiger partial charge in [-0.1, -0.05) is 18.2 Å². The van der Waals surface area contributed by atoms with Gasteiger partial charge in [-0.2, -0.15) is 0 Å². The summed E-state index contributed by atoms with van der Waals surface area (Å²) in [5, 5.41) is 9.34. The molecule has 78 valence electrons. The monoisotopic (exact) mass is 207 g/mol. The van der Waals surface area contributed by atoms with Crippen molar-refractivity contribution >= 4 is 16.9 Å². The topological polar surface area (TPSA) is 53.1 Å². The minimum atomic E-state index is -1.84. The summed E-state index contributed by atoms with van der Waals surface area (Å²) in [5.74, 6) is -1.42. The Morgan fingerprint density at radius 1 is 1.47 bits per heavy atom. The number of aliphatic carboxylic acids is 1. The lowest BCUT2D eigenvalue weighted by Gasteiger charge is -2.01. The lowest BCUT2D eigenvalue weighted by atomic mass is 10.1. The average molecular weight is 207 g/mol. The molecule has 0 saturated heterocycles. The zero-order valence-electron chi connectivity index (χ0n) is 7.90. The number of para-hydroxylation sites is 1. The number of rotatable bonds is 3. The summed E-state index contributed by atoms with van der Waals surface area (Å²) in [6, 6.07) is 7.42. The molecule has 2 rings (SSSR count). The molecular weight excluding hydrogens is 197 g/mol. The summed E-state index contributed by atoms with van der Waals surface area (Å²) >= 11 is 0. The Hall–Kier alpha value is -1.84. The molecule has 0 bridgehead atoms. The van der Waals surface area contributed by atoms with Crippen LogP contribution in [0.4, 0.5) is 4.39 Å². The van der Waals surface area contributed by atoms with Crippen LogP contribution in [0.1, 0.15) is 5.56 Å². The number of fused-ring (bicyclic) bond motifs is 1. The van der Waals surface area contributed by atoms with Crippen LogP contribution in [0.2, 0.25) is 0 Å². The van der Waals surface area contributed by atoms with Crippen LogP contribution < -0.4 is 0 Å². The molecule has 0 radical (unpaired) electrons. The number of carboxylic acid groups (broad SMARTS) is 1. The van der Waals surface area contributed by atoms with Crippen LogP contribution in [-0.4, -0.2) is 22.2 Å². The van der Waals surface area contributed by atoms with Gasteiger partial charge in [0.1, 0.15) is 0 Å². The number of hydrogen-bond donors (Lipinski definition) is 2. The van der Waals surface area contributed by atoms with Gasteiger partial charge in [-0.05, 0) is 11.6 Å². The third-order valence-electron chi connectivity index (χ3n) is 2.34. The molecule has 15 heavy (non-hydrogen) atoms. The summed E-state index contributed by atoms with van der Waals surface area (Å²) in [7, 11) is 0. The van der Waals surface area contributed by atoms with E-state index in [1.54, 1.807) is 6.20 Å². The van der Waals surface area contributed by atoms with Crippen molar-refractivity contribution in [1.29, 1.82) is 0 Å². The van der Waals surface area contributed by atoms with Crippen molar-refractivity contribution in [3.8, 4) is 0 Å². The van der Waals surface area contributed by atoms with Crippen molar-refractivity contribution in [2.24, 2.45) is 0 Å². The van der Waals surface area contributed by atoms with Crippen molar-refractivity contribution in [2.45, 2.75) is 12.6 Å². The highest BCUT2D eigenvalue weighted by Crippen LogP contribution is 2.19. The Labute approximate surface area is 85.5 Å². The lowest BCUT2D eigenvalue weighted by molar-refractivity contribution is -0.142. The van der Waals surface area contributed by atoms with Crippen LogP contribution >= 0.6 is 0 Å². The quantitative estimate of drug-likeness (QED) is 0.810. The van der Waals surface area contributed by atoms with Gasteiger partial charge in [0.15, 0.2) is 0 Å². The maximum atomic E-state index is 13.0. The first-order valence-corrected chi connectivity index (χ1v) is 4.60. The molecule has 1 aromatic carbocycles. The van der Waals surface area contributed by atoms with Crippen LogP contribution in [0.5, 0.6) is 0 Å². The van der Waals surface area contributed by atoms with Crippen LogP contribution in [0.25, 0.3) is 10.9 Å². The normalized spacial score (nSPS) is 12.9. The second-order valence-corrected chi connectivity index (χ2v) is 3.37. The molecule has 0 fully saturated rings. The summed E-state index contributed by atoms with van der Waals surface area (Å²) in [6.07, 6.45) is -0.288. The molecule has 1 heterocycles. The number of aromatic nitrogens is 1. The molecule has 3 nitrogen and oxygen atoms in total. The third kappa shape index (κ3) is 1.83. The number of H-pyrrole nitrogens is 1. The number of hydrogen-bond acceptors (Lipinski definition) is 1. The Morgan fingerprint density at radius 3 is 2.93 bits per heavy atom. The van der Waals surface area contributed by atoms with Gasteiger partial charge in [0.2, 0.25) is 6.17 Å². The number of alkyl halides is 1. The minimum Gasteiger partial charge on any atom is -0.479 e. The van der Waals surface area contributed by atoms with E-state index in [2.05, 4.69) is 4.98 Å². The van der Waals surface area contributed by atoms with Crippen LogP contribution in [0.3, 0.4) is 0 Å². The molecule has 0 aliphatic carbocycles. The van der Waals surface area contributed by atoms with E-state index in [4.69, 9.17) is 5.11 Å². The molecule has 2 N–H and O–H groups in total. The highest BCUT2D eigenvalue weighted by Gasteiger charge is 2.17. The largest absolute Gasteiger partial charge is 0.479 e. The van der Waals surface area contributed by atoms with Crippen molar-refractivity contribution in [3.05, 3.63) is 36.0 Å². The van der Waals surface area contributed by atoms with Gasteiger partial charge >= 0.3 is 5.97 Å². The molecule has 1 atom stereocenters. The number of benzene rings is 1. The van der Waals surface area contributed by atoms with Gasteiger partial charge in [-0.15, -0.1) is 0 Å². The molecule has 0 saturated carbocycles. The molecule has 1 unspecified atom stereocenters. The van der Waals surface area contributed by atoms with Crippen molar-refractivity contribution in [1.82, 2.24) is 4.98 Å². The number of carboxylic acids is 1. The smallest absolute Gasteiger partial charge is 0.338 e. The fraction of sp³-hybridized carbons (Fsp3) is 0.182. The number of halogens is 1. The van der Waals surface area contributed by atoms with Crippen LogP contribution in [-0.2, 0) is 11.2 Å². The minimum absolute atomic E-state index is 0.0979. The van der Waals surface area contributed by atoms with E-state index in [-0.39, 0.29) is 6.42 Å². The third-order valence-corrected chi connectivity index (χ3v) is 2.34. The Kier molecular flexibility index (Phi) is 2.41. The predicted octanol–water partition coefficient (Wildman–Crippen LogP) is 2.13. The van der Waals surface area contributed by atoms with Gasteiger partial charge in [0.05, 0.1) is 0 Å². The second kappa shape index (κ2) is 3.73. The molecule has 0 spiro atoms. The van der Waals surface area contributed by atoms with E-state index in [0.717, 1.165) is 10.9 Å². The molecule has 2 aromatic rings. The van der Waals surface area contributed by atoms with E-state index in [1.165, 1.54) is 0 Å². The summed E-state index contributed by atoms with van der Waals surface area (Å²) in [4.78, 5) is 13.3. The lowest BCUT2D eigenvalue weighted by Crippen LogP contribution is -2.16. The van der Waals surface area contributed by atoms with Crippen LogP contribution in [0.15, 0.2) is 30.5 Å². The fourth-order valence-electron chi connectivity index (χ4n) is 1.58. The summed E-state index contributed by atoms with van der Waals surface area (Å²) in [6.45, 7) is 0. The number of nitrogens with one attached hydrogen (secondary N) is 1. The first kappa shape index (κ1) is 9.71. The SMILES string of the molecule is O=C(O)C(F)Cc1c[nH]c2ccccc12. The van der Waals surface area contributed by atoms with Crippen molar-refractivity contribution in [2.75, 3.05) is 0 Å². The Bertz CT molecular complexity index is 492. The maximum absolute atomic E-state index is 13.0. The Morgan fingerprint density at radius 2 is 2.20 bits per heavy atom. The summed E-state index contributed by atoms with van der Waals surface area (Å²) < 4.78 is 13.0. The summed E-state index contributed by atoms with van der Waals surface area (Å²) in [5.41, 5.74) is 1.59. The highest BCUT2D eigenvalue weighted by atomic mass is 19.1. The predicted molar refractivity (Wildman–Crippen MR) is 54.5 cm³/mol. The maximum Gasteiger partial charge on any atom is 0.338 e.